The van der Waals surface area contributed by atoms with E-state index in [4.69, 9.17) is 0 Å². The first-order valence-corrected chi connectivity index (χ1v) is 8.94. The molecule has 0 saturated carbocycles. The van der Waals surface area contributed by atoms with E-state index in [9.17, 15) is 0 Å². The summed E-state index contributed by atoms with van der Waals surface area (Å²) >= 11 is 0. The van der Waals surface area contributed by atoms with Crippen molar-refractivity contribution < 1.29 is 0 Å². The Kier molecular flexibility index (Phi) is 5.41. The van der Waals surface area contributed by atoms with Gasteiger partial charge in [-0.05, 0) is 56.4 Å². The second kappa shape index (κ2) is 7.90. The van der Waals surface area contributed by atoms with Gasteiger partial charge in [-0.15, -0.1) is 6.58 Å². The fraction of sp³-hybridized carbons (Fsp3) is 0.250. The minimum Gasteiger partial charge on any atom is -0.340 e. The summed E-state index contributed by atoms with van der Waals surface area (Å²) in [6.45, 7) is 11.3. The van der Waals surface area contributed by atoms with Gasteiger partial charge in [-0.2, -0.15) is 0 Å². The number of para-hydroxylation sites is 1. The summed E-state index contributed by atoms with van der Waals surface area (Å²) < 4.78 is 0. The number of hydrogen-bond acceptors (Lipinski definition) is 1. The molecule has 0 radical (unpaired) electrons. The Balaban J connectivity index is 1.87. The van der Waals surface area contributed by atoms with Gasteiger partial charge in [-0.1, -0.05) is 54.3 Å². The van der Waals surface area contributed by atoms with E-state index in [1.165, 1.54) is 17.6 Å². The van der Waals surface area contributed by atoms with E-state index in [1.807, 2.05) is 0 Å². The van der Waals surface area contributed by atoms with Gasteiger partial charge in [0.25, 0.3) is 0 Å². The number of rotatable bonds is 6. The van der Waals surface area contributed by atoms with Crippen molar-refractivity contribution in [1.29, 1.82) is 0 Å². The highest BCUT2D eigenvalue weighted by Crippen LogP contribution is 2.29. The normalized spacial score (nSPS) is 12.1. The number of fused-ring (bicyclic) bond motifs is 2. The Morgan fingerprint density at radius 2 is 1.56 bits per heavy atom. The van der Waals surface area contributed by atoms with E-state index < -0.39 is 0 Å². The third kappa shape index (κ3) is 4.22. The van der Waals surface area contributed by atoms with Crippen LogP contribution in [-0.4, -0.2) is 0 Å². The summed E-state index contributed by atoms with van der Waals surface area (Å²) in [5.41, 5.74) is 7.01. The van der Waals surface area contributed by atoms with Gasteiger partial charge in [-0.3, -0.25) is 0 Å². The second-order valence-electron chi connectivity index (χ2n) is 6.74. The van der Waals surface area contributed by atoms with Crippen LogP contribution in [0.4, 0.5) is 5.69 Å². The van der Waals surface area contributed by atoms with Crippen molar-refractivity contribution in [2.24, 2.45) is 0 Å². The van der Waals surface area contributed by atoms with Crippen LogP contribution in [0.15, 0.2) is 73.0 Å². The van der Waals surface area contributed by atoms with Gasteiger partial charge in [0.1, 0.15) is 0 Å². The highest BCUT2D eigenvalue weighted by molar-refractivity contribution is 5.66. The standard InChI is InChI=1S/C24H25N/c1-19(2)10-4-5-11-20(3)25-18-23-14-7-6-12-21(23)16-17-22-13-8-9-15-24(22)25/h6-9,12-15H,1,3-5,10-11,18H2,2H3. The van der Waals surface area contributed by atoms with Crippen LogP contribution in [0.2, 0.25) is 0 Å². The van der Waals surface area contributed by atoms with Crippen molar-refractivity contribution in [3.05, 3.63) is 89.6 Å². The van der Waals surface area contributed by atoms with Crippen LogP contribution in [-0.2, 0) is 6.54 Å². The van der Waals surface area contributed by atoms with Crippen LogP contribution in [0.3, 0.4) is 0 Å². The molecule has 0 fully saturated rings. The minimum absolute atomic E-state index is 0.821. The van der Waals surface area contributed by atoms with Crippen molar-refractivity contribution >= 4 is 5.69 Å². The first kappa shape index (κ1) is 17.1. The van der Waals surface area contributed by atoms with Crippen LogP contribution >= 0.6 is 0 Å². The van der Waals surface area contributed by atoms with Crippen LogP contribution in [0.5, 0.6) is 0 Å². The van der Waals surface area contributed by atoms with Gasteiger partial charge in [0.05, 0.1) is 5.69 Å². The monoisotopic (exact) mass is 327 g/mol. The maximum absolute atomic E-state index is 4.39. The summed E-state index contributed by atoms with van der Waals surface area (Å²) in [7, 11) is 0. The zero-order valence-electron chi connectivity index (χ0n) is 15.0. The molecular formula is C24H25N. The van der Waals surface area contributed by atoms with Gasteiger partial charge in [0.2, 0.25) is 0 Å². The van der Waals surface area contributed by atoms with E-state index in [-0.39, 0.29) is 0 Å². The Bertz CT molecular complexity index is 848. The predicted octanol–water partition coefficient (Wildman–Crippen LogP) is 6.06. The topological polar surface area (TPSA) is 3.24 Å². The zero-order chi connectivity index (χ0) is 17.6. The van der Waals surface area contributed by atoms with Crippen molar-refractivity contribution in [3.8, 4) is 11.8 Å². The van der Waals surface area contributed by atoms with E-state index in [0.717, 1.165) is 48.3 Å². The van der Waals surface area contributed by atoms with Gasteiger partial charge in [0.15, 0.2) is 0 Å². The van der Waals surface area contributed by atoms with Gasteiger partial charge < -0.3 is 4.90 Å². The Morgan fingerprint density at radius 3 is 2.36 bits per heavy atom. The number of anilines is 1. The highest BCUT2D eigenvalue weighted by Gasteiger charge is 2.17. The molecule has 0 N–H and O–H groups in total. The van der Waals surface area contributed by atoms with Gasteiger partial charge >= 0.3 is 0 Å². The lowest BCUT2D eigenvalue weighted by atomic mass is 10.0. The summed E-state index contributed by atoms with van der Waals surface area (Å²) in [6, 6.07) is 16.8. The molecule has 0 aliphatic carbocycles. The molecule has 1 heteroatoms. The molecule has 0 aromatic heterocycles. The number of hydrogen-bond donors (Lipinski definition) is 0. The van der Waals surface area contributed by atoms with E-state index in [1.54, 1.807) is 0 Å². The molecule has 2 aromatic rings. The molecule has 1 heterocycles. The molecule has 1 aliphatic rings. The molecule has 0 atom stereocenters. The summed E-state index contributed by atoms with van der Waals surface area (Å²) in [5.74, 6) is 6.67. The molecule has 0 unspecified atom stereocenters. The van der Waals surface area contributed by atoms with Gasteiger partial charge in [-0.25, -0.2) is 0 Å². The van der Waals surface area contributed by atoms with Crippen LogP contribution in [0, 0.1) is 11.8 Å². The maximum atomic E-state index is 4.39. The number of benzene rings is 2. The van der Waals surface area contributed by atoms with Crippen LogP contribution in [0.25, 0.3) is 0 Å². The van der Waals surface area contributed by atoms with Crippen molar-refractivity contribution in [3.63, 3.8) is 0 Å². The second-order valence-corrected chi connectivity index (χ2v) is 6.74. The van der Waals surface area contributed by atoms with Crippen LogP contribution < -0.4 is 4.90 Å². The van der Waals surface area contributed by atoms with Crippen LogP contribution in [0.1, 0.15) is 49.3 Å². The smallest absolute Gasteiger partial charge is 0.0570 e. The summed E-state index contributed by atoms with van der Waals surface area (Å²) in [6.07, 6.45) is 4.40. The van der Waals surface area contributed by atoms with Crippen molar-refractivity contribution in [2.45, 2.75) is 39.2 Å². The third-order valence-corrected chi connectivity index (χ3v) is 4.57. The average molecular weight is 327 g/mol. The summed E-state index contributed by atoms with van der Waals surface area (Å²) in [5, 5.41) is 0. The number of nitrogens with zero attached hydrogens (tertiary/aromatic N) is 1. The molecule has 0 amide bonds. The molecule has 0 saturated heterocycles. The fourth-order valence-corrected chi connectivity index (χ4v) is 3.16. The Morgan fingerprint density at radius 1 is 0.920 bits per heavy atom. The number of unbranched alkanes of at least 4 members (excludes halogenated alkanes) is 1. The molecule has 126 valence electrons. The minimum atomic E-state index is 0.821. The largest absolute Gasteiger partial charge is 0.340 e. The zero-order valence-corrected chi connectivity index (χ0v) is 15.0. The fourth-order valence-electron chi connectivity index (χ4n) is 3.16. The lowest BCUT2D eigenvalue weighted by molar-refractivity contribution is 0.704. The molecule has 3 rings (SSSR count). The first-order chi connectivity index (χ1) is 12.1. The third-order valence-electron chi connectivity index (χ3n) is 4.57. The summed E-state index contributed by atoms with van der Waals surface area (Å²) in [4.78, 5) is 2.34. The molecule has 25 heavy (non-hydrogen) atoms. The first-order valence-electron chi connectivity index (χ1n) is 8.94. The van der Waals surface area contributed by atoms with Crippen molar-refractivity contribution in [2.75, 3.05) is 4.90 Å². The van der Waals surface area contributed by atoms with E-state index in [0.29, 0.717) is 0 Å². The van der Waals surface area contributed by atoms with E-state index in [2.05, 4.69) is 85.4 Å². The quantitative estimate of drug-likeness (QED) is 0.354. The molecule has 0 bridgehead atoms. The maximum Gasteiger partial charge on any atom is 0.0570 e. The Hall–Kier alpha value is -2.72. The molecule has 2 aromatic carbocycles. The predicted molar refractivity (Wildman–Crippen MR) is 107 cm³/mol. The molecule has 1 nitrogen and oxygen atoms in total. The van der Waals surface area contributed by atoms with Gasteiger partial charge in [0, 0.05) is 23.4 Å². The number of allylic oxidation sites excluding steroid dienone is 2. The Labute approximate surface area is 151 Å². The highest BCUT2D eigenvalue weighted by atomic mass is 15.1. The molecule has 1 aliphatic heterocycles. The van der Waals surface area contributed by atoms with Crippen molar-refractivity contribution in [1.82, 2.24) is 0 Å². The molecular weight excluding hydrogens is 302 g/mol. The lowest BCUT2D eigenvalue weighted by Gasteiger charge is -2.29. The molecule has 0 spiro atoms. The average Bonchev–Trinajstić information content (AvgIpc) is 2.60. The van der Waals surface area contributed by atoms with E-state index >= 15 is 0 Å². The SMILES string of the molecule is C=C(C)CCCCC(=C)N1Cc2ccccc2C#Cc2ccccc21. The lowest BCUT2D eigenvalue weighted by Crippen LogP contribution is -2.23.